The van der Waals surface area contributed by atoms with Crippen LogP contribution in [0.1, 0.15) is 38.5 Å². The van der Waals surface area contributed by atoms with E-state index in [4.69, 9.17) is 46.4 Å². The van der Waals surface area contributed by atoms with Crippen LogP contribution in [0.5, 0.6) is 0 Å². The first-order valence-corrected chi connectivity index (χ1v) is 9.41. The van der Waals surface area contributed by atoms with Crippen molar-refractivity contribution in [1.82, 2.24) is 0 Å². The zero-order valence-corrected chi connectivity index (χ0v) is 15.9. The Kier molecular flexibility index (Phi) is 3.61. The van der Waals surface area contributed by atoms with Crippen molar-refractivity contribution in [3.63, 3.8) is 0 Å². The molecule has 0 radical (unpaired) electrons. The third-order valence-corrected chi connectivity index (χ3v) is 11.5. The second kappa shape index (κ2) is 4.32. The first kappa shape index (κ1) is 15.0. The lowest BCUT2D eigenvalue weighted by Gasteiger charge is -2.15. The predicted molar refractivity (Wildman–Crippen MR) is 86.9 cm³/mol. The summed E-state index contributed by atoms with van der Waals surface area (Å²) in [5.74, 6) is 0.713. The van der Waals surface area contributed by atoms with Gasteiger partial charge in [-0.2, -0.15) is 0 Å². The Balaban J connectivity index is 1.74. The molecule has 3 rings (SSSR count). The van der Waals surface area contributed by atoms with Crippen molar-refractivity contribution in [3.8, 4) is 0 Å². The molecule has 3 fully saturated rings. The van der Waals surface area contributed by atoms with Crippen LogP contribution in [0.25, 0.3) is 0 Å². The Bertz CT molecular complexity index is 352. The first-order chi connectivity index (χ1) is 8.18. The number of fused-ring (bicyclic) bond motifs is 2. The maximum atomic E-state index is 6.40. The quantitative estimate of drug-likeness (QED) is 0.377. The maximum absolute atomic E-state index is 6.40. The van der Waals surface area contributed by atoms with Crippen LogP contribution in [-0.4, -0.2) is 17.3 Å². The highest BCUT2D eigenvalue weighted by molar-refractivity contribution is 9.10. The lowest BCUT2D eigenvalue weighted by atomic mass is 10.0. The molecule has 3 aliphatic rings. The molecule has 0 spiro atoms. The Morgan fingerprint density at radius 3 is 1.50 bits per heavy atom. The standard InChI is InChI=1S/C12H14Br2Cl4/c13-9-5-2-6-10(14)8(12(10,17)18)4-1-3-7(9)11(9,15)16/h7-8H,1-6H2/t7-,8+,9-,10+. The Morgan fingerprint density at radius 2 is 1.11 bits per heavy atom. The molecule has 18 heavy (non-hydrogen) atoms. The van der Waals surface area contributed by atoms with Gasteiger partial charge in [-0.25, -0.2) is 0 Å². The predicted octanol–water partition coefficient (Wildman–Crippen LogP) is 6.22. The molecule has 104 valence electrons. The highest BCUT2D eigenvalue weighted by Crippen LogP contribution is 2.75. The lowest BCUT2D eigenvalue weighted by Crippen LogP contribution is -2.13. The summed E-state index contributed by atoms with van der Waals surface area (Å²) in [7, 11) is 0. The maximum Gasteiger partial charge on any atom is 0.138 e. The molecule has 4 atom stereocenters. The molecule has 0 bridgehead atoms. The van der Waals surface area contributed by atoms with Gasteiger partial charge >= 0.3 is 0 Å². The van der Waals surface area contributed by atoms with Gasteiger partial charge in [0.2, 0.25) is 0 Å². The second-order valence-electron chi connectivity index (χ2n) is 5.86. The summed E-state index contributed by atoms with van der Waals surface area (Å²) in [4.78, 5) is 0. The number of hydrogen-bond donors (Lipinski definition) is 0. The van der Waals surface area contributed by atoms with E-state index in [1.807, 2.05) is 0 Å². The topological polar surface area (TPSA) is 0 Å². The van der Waals surface area contributed by atoms with Gasteiger partial charge in [0.1, 0.15) is 8.67 Å². The molecular formula is C12H14Br2Cl4. The van der Waals surface area contributed by atoms with Gasteiger partial charge in [0, 0.05) is 11.8 Å². The minimum atomic E-state index is -0.597. The summed E-state index contributed by atoms with van der Waals surface area (Å²) >= 11 is 33.1. The average Bonchev–Trinajstić information content (AvgIpc) is 2.86. The highest BCUT2D eigenvalue weighted by atomic mass is 79.9. The van der Waals surface area contributed by atoms with Crippen LogP contribution in [0.2, 0.25) is 0 Å². The van der Waals surface area contributed by atoms with Crippen molar-refractivity contribution >= 4 is 78.3 Å². The van der Waals surface area contributed by atoms with Crippen molar-refractivity contribution in [1.29, 1.82) is 0 Å². The SMILES string of the molecule is ClC1(Cl)[C@@H]2CCC[C@@H]3C(Cl)(Cl)[C@]3(Br)CCC[C@@]21Br. The van der Waals surface area contributed by atoms with E-state index < -0.39 is 8.67 Å². The van der Waals surface area contributed by atoms with Crippen molar-refractivity contribution in [3.05, 3.63) is 0 Å². The van der Waals surface area contributed by atoms with Gasteiger partial charge in [-0.1, -0.05) is 91.1 Å². The van der Waals surface area contributed by atoms with Gasteiger partial charge in [0.05, 0.1) is 8.65 Å². The second-order valence-corrected chi connectivity index (χ2v) is 11.5. The minimum absolute atomic E-state index is 0.102. The normalized spacial score (nSPS) is 53.0. The fourth-order valence-corrected chi connectivity index (χ4v) is 8.05. The number of halogens is 6. The molecule has 0 N–H and O–H groups in total. The minimum Gasteiger partial charge on any atom is -0.0997 e. The van der Waals surface area contributed by atoms with Crippen LogP contribution in [0.4, 0.5) is 0 Å². The molecule has 0 aliphatic heterocycles. The highest BCUT2D eigenvalue weighted by Gasteiger charge is 2.76. The first-order valence-electron chi connectivity index (χ1n) is 6.31. The molecule has 0 unspecified atom stereocenters. The van der Waals surface area contributed by atoms with Gasteiger partial charge in [0.25, 0.3) is 0 Å². The fourth-order valence-electron chi connectivity index (χ4n) is 3.63. The molecule has 0 amide bonds. The summed E-state index contributed by atoms with van der Waals surface area (Å²) in [6.07, 6.45) is 6.16. The van der Waals surface area contributed by atoms with Crippen LogP contribution in [0.15, 0.2) is 0 Å². The van der Waals surface area contributed by atoms with Crippen molar-refractivity contribution in [2.75, 3.05) is 0 Å². The summed E-state index contributed by atoms with van der Waals surface area (Å²) in [5, 5.41) is 0. The molecule has 0 saturated heterocycles. The van der Waals surface area contributed by atoms with Crippen LogP contribution in [0.3, 0.4) is 0 Å². The third-order valence-electron chi connectivity index (χ3n) is 4.99. The van der Waals surface area contributed by atoms with Gasteiger partial charge in [-0.3, -0.25) is 0 Å². The summed E-state index contributed by atoms with van der Waals surface area (Å²) in [6, 6.07) is 0. The molecule has 0 aromatic carbocycles. The summed E-state index contributed by atoms with van der Waals surface area (Å²) in [5.41, 5.74) is 0. The third kappa shape index (κ3) is 1.81. The van der Waals surface area contributed by atoms with Gasteiger partial charge in [-0.15, -0.1) is 0 Å². The van der Waals surface area contributed by atoms with E-state index in [0.29, 0.717) is 11.8 Å². The summed E-state index contributed by atoms with van der Waals surface area (Å²) < 4.78 is -1.40. The van der Waals surface area contributed by atoms with E-state index in [0.717, 1.165) is 38.5 Å². The van der Waals surface area contributed by atoms with Crippen LogP contribution < -0.4 is 0 Å². The van der Waals surface area contributed by atoms with Crippen molar-refractivity contribution in [2.45, 2.75) is 55.8 Å². The molecular weight excluding hydrogens is 446 g/mol. The van der Waals surface area contributed by atoms with E-state index in [1.165, 1.54) is 0 Å². The number of alkyl halides is 6. The monoisotopic (exact) mass is 456 g/mol. The molecule has 0 aromatic rings. The summed E-state index contributed by atoms with van der Waals surface area (Å²) in [6.45, 7) is 0. The zero-order chi connectivity index (χ0) is 13.4. The smallest absolute Gasteiger partial charge is 0.0997 e. The Morgan fingerprint density at radius 1 is 0.722 bits per heavy atom. The number of hydrogen-bond acceptors (Lipinski definition) is 0. The Hall–Kier alpha value is 2.12. The molecule has 0 heterocycles. The van der Waals surface area contributed by atoms with E-state index in [-0.39, 0.29) is 8.65 Å². The van der Waals surface area contributed by atoms with Gasteiger partial charge < -0.3 is 0 Å². The van der Waals surface area contributed by atoms with Gasteiger partial charge in [0.15, 0.2) is 0 Å². The van der Waals surface area contributed by atoms with Gasteiger partial charge in [-0.05, 0) is 25.7 Å². The largest absolute Gasteiger partial charge is 0.138 e. The van der Waals surface area contributed by atoms with E-state index in [9.17, 15) is 0 Å². The molecule has 0 nitrogen and oxygen atoms in total. The lowest BCUT2D eigenvalue weighted by molar-refractivity contribution is 0.508. The number of rotatable bonds is 0. The van der Waals surface area contributed by atoms with Crippen molar-refractivity contribution < 1.29 is 0 Å². The van der Waals surface area contributed by atoms with E-state index >= 15 is 0 Å². The average molecular weight is 460 g/mol. The fraction of sp³-hybridized carbons (Fsp3) is 1.00. The van der Waals surface area contributed by atoms with E-state index in [2.05, 4.69) is 31.9 Å². The van der Waals surface area contributed by atoms with Crippen LogP contribution in [-0.2, 0) is 0 Å². The molecule has 0 aromatic heterocycles. The Labute approximate surface area is 145 Å². The molecule has 6 heteroatoms. The van der Waals surface area contributed by atoms with Crippen molar-refractivity contribution in [2.24, 2.45) is 11.8 Å². The van der Waals surface area contributed by atoms with Crippen LogP contribution in [0, 0.1) is 11.8 Å². The molecule has 3 aliphatic carbocycles. The molecule has 3 saturated carbocycles. The zero-order valence-electron chi connectivity index (χ0n) is 9.67. The van der Waals surface area contributed by atoms with Crippen LogP contribution >= 0.6 is 78.3 Å². The van der Waals surface area contributed by atoms with E-state index in [1.54, 1.807) is 0 Å².